The molecule has 118 valence electrons. The number of ether oxygens (including phenoxy) is 1. The van der Waals surface area contributed by atoms with E-state index in [1.807, 2.05) is 17.8 Å². The first-order valence-corrected chi connectivity index (χ1v) is 8.88. The molecule has 0 atom stereocenters. The molecule has 0 bridgehead atoms. The van der Waals surface area contributed by atoms with Crippen LogP contribution < -0.4 is 11.1 Å². The van der Waals surface area contributed by atoms with Crippen molar-refractivity contribution in [3.63, 3.8) is 0 Å². The number of hydrogen-bond acceptors (Lipinski definition) is 5. The van der Waals surface area contributed by atoms with Crippen LogP contribution in [0.15, 0.2) is 18.2 Å². The number of thioether (sulfide) groups is 1. The normalized spacial score (nSPS) is 10.4. The lowest BCUT2D eigenvalue weighted by molar-refractivity contribution is 0.0527. The molecule has 0 spiro atoms. The van der Waals surface area contributed by atoms with Crippen molar-refractivity contribution in [3.8, 4) is 0 Å². The van der Waals surface area contributed by atoms with Gasteiger partial charge >= 0.3 is 5.97 Å². The minimum atomic E-state index is -0.365. The summed E-state index contributed by atoms with van der Waals surface area (Å²) in [6, 6.07) is 5.40. The van der Waals surface area contributed by atoms with E-state index in [4.69, 9.17) is 10.5 Å². The number of nitrogen functional groups attached to an aromatic ring is 1. The summed E-state index contributed by atoms with van der Waals surface area (Å²) in [5, 5.41) is 3.33. The molecule has 4 nitrogen and oxygen atoms in total. The smallest absolute Gasteiger partial charge is 0.340 e. The lowest BCUT2D eigenvalue weighted by Gasteiger charge is -2.10. The SMILES string of the molecule is CCOC(=O)c1cc(NCCCCCCSC)ccc1N. The number of carbonyl (C=O) groups is 1. The predicted octanol–water partition coefficient (Wildman–Crippen LogP) is 3.78. The fraction of sp³-hybridized carbons (Fsp3) is 0.562. The van der Waals surface area contributed by atoms with Gasteiger partial charge in [-0.05, 0) is 50.0 Å². The van der Waals surface area contributed by atoms with Crippen LogP contribution in [0.25, 0.3) is 0 Å². The highest BCUT2D eigenvalue weighted by molar-refractivity contribution is 7.98. The van der Waals surface area contributed by atoms with E-state index >= 15 is 0 Å². The predicted molar refractivity (Wildman–Crippen MR) is 92.2 cm³/mol. The summed E-state index contributed by atoms with van der Waals surface area (Å²) in [6.45, 7) is 3.05. The van der Waals surface area contributed by atoms with Gasteiger partial charge in [-0.3, -0.25) is 0 Å². The number of esters is 1. The van der Waals surface area contributed by atoms with E-state index in [9.17, 15) is 4.79 Å². The average Bonchev–Trinajstić information content (AvgIpc) is 2.48. The molecule has 0 aliphatic carbocycles. The largest absolute Gasteiger partial charge is 0.462 e. The van der Waals surface area contributed by atoms with Gasteiger partial charge in [-0.15, -0.1) is 0 Å². The van der Waals surface area contributed by atoms with Gasteiger partial charge in [0.1, 0.15) is 0 Å². The van der Waals surface area contributed by atoms with Gasteiger partial charge < -0.3 is 15.8 Å². The highest BCUT2D eigenvalue weighted by Crippen LogP contribution is 2.19. The van der Waals surface area contributed by atoms with Crippen molar-refractivity contribution >= 4 is 29.1 Å². The van der Waals surface area contributed by atoms with Crippen molar-refractivity contribution in [1.82, 2.24) is 0 Å². The topological polar surface area (TPSA) is 64.3 Å². The van der Waals surface area contributed by atoms with Crippen LogP contribution in [0.3, 0.4) is 0 Å². The van der Waals surface area contributed by atoms with Crippen molar-refractivity contribution in [2.45, 2.75) is 32.6 Å². The number of rotatable bonds is 10. The second kappa shape index (κ2) is 10.4. The summed E-state index contributed by atoms with van der Waals surface area (Å²) in [5.74, 6) is 0.879. The zero-order valence-corrected chi connectivity index (χ0v) is 13.8. The van der Waals surface area contributed by atoms with Gasteiger partial charge in [0, 0.05) is 17.9 Å². The second-order valence-electron chi connectivity index (χ2n) is 4.86. The van der Waals surface area contributed by atoms with Crippen LogP contribution in [-0.2, 0) is 4.74 Å². The monoisotopic (exact) mass is 310 g/mol. The number of unbranched alkanes of at least 4 members (excludes halogenated alkanes) is 3. The van der Waals surface area contributed by atoms with Gasteiger partial charge in [0.25, 0.3) is 0 Å². The molecular weight excluding hydrogens is 284 g/mol. The fourth-order valence-corrected chi connectivity index (χ4v) is 2.50. The van der Waals surface area contributed by atoms with E-state index in [-0.39, 0.29) is 5.97 Å². The lowest BCUT2D eigenvalue weighted by atomic mass is 10.1. The van der Waals surface area contributed by atoms with E-state index in [1.165, 1.54) is 25.0 Å². The molecule has 3 N–H and O–H groups in total. The van der Waals surface area contributed by atoms with E-state index in [2.05, 4.69) is 11.6 Å². The Morgan fingerprint density at radius 2 is 2.05 bits per heavy atom. The Kier molecular flexibility index (Phi) is 8.74. The summed E-state index contributed by atoms with van der Waals surface area (Å²) in [4.78, 5) is 11.8. The standard InChI is InChI=1S/C16H26N2O2S/c1-3-20-16(19)14-12-13(8-9-15(14)17)18-10-6-4-5-7-11-21-2/h8-9,12,18H,3-7,10-11,17H2,1-2H3. The van der Waals surface area contributed by atoms with Gasteiger partial charge in [0.2, 0.25) is 0 Å². The Labute approximate surface area is 131 Å². The summed E-state index contributed by atoms with van der Waals surface area (Å²) in [5.41, 5.74) is 7.61. The zero-order chi connectivity index (χ0) is 15.5. The van der Waals surface area contributed by atoms with Crippen LogP contribution in [0.2, 0.25) is 0 Å². The molecular formula is C16H26N2O2S. The molecule has 0 fully saturated rings. The van der Waals surface area contributed by atoms with Crippen LogP contribution in [0, 0.1) is 0 Å². The lowest BCUT2D eigenvalue weighted by Crippen LogP contribution is -2.09. The minimum absolute atomic E-state index is 0.353. The van der Waals surface area contributed by atoms with Crippen LogP contribution in [0.4, 0.5) is 11.4 Å². The van der Waals surface area contributed by atoms with Crippen molar-refractivity contribution in [3.05, 3.63) is 23.8 Å². The van der Waals surface area contributed by atoms with Crippen LogP contribution in [-0.4, -0.2) is 31.1 Å². The number of anilines is 2. The maximum atomic E-state index is 11.8. The third-order valence-corrected chi connectivity index (χ3v) is 3.85. The molecule has 0 heterocycles. The van der Waals surface area contributed by atoms with Crippen molar-refractivity contribution in [2.24, 2.45) is 0 Å². The number of carbonyl (C=O) groups excluding carboxylic acids is 1. The summed E-state index contributed by atoms with van der Waals surface area (Å²) >= 11 is 1.90. The minimum Gasteiger partial charge on any atom is -0.462 e. The van der Waals surface area contributed by atoms with Crippen LogP contribution in [0.5, 0.6) is 0 Å². The molecule has 21 heavy (non-hydrogen) atoms. The Balaban J connectivity index is 2.38. The maximum Gasteiger partial charge on any atom is 0.340 e. The Morgan fingerprint density at radius 1 is 1.29 bits per heavy atom. The summed E-state index contributed by atoms with van der Waals surface area (Å²) in [6.07, 6.45) is 7.07. The van der Waals surface area contributed by atoms with Gasteiger partial charge in [-0.2, -0.15) is 11.8 Å². The first-order chi connectivity index (χ1) is 10.2. The second-order valence-corrected chi connectivity index (χ2v) is 5.84. The molecule has 5 heteroatoms. The van der Waals surface area contributed by atoms with Crippen molar-refractivity contribution in [1.29, 1.82) is 0 Å². The zero-order valence-electron chi connectivity index (χ0n) is 13.0. The van der Waals surface area contributed by atoms with Crippen LogP contribution in [0.1, 0.15) is 43.0 Å². The fourth-order valence-electron chi connectivity index (χ4n) is 2.01. The summed E-state index contributed by atoms with van der Waals surface area (Å²) in [7, 11) is 0. The average molecular weight is 310 g/mol. The van der Waals surface area contributed by atoms with Crippen LogP contribution >= 0.6 is 11.8 Å². The maximum absolute atomic E-state index is 11.8. The number of nitrogens with one attached hydrogen (secondary N) is 1. The van der Waals surface area contributed by atoms with Crippen molar-refractivity contribution in [2.75, 3.05) is 36.2 Å². The third-order valence-electron chi connectivity index (χ3n) is 3.15. The molecule has 1 aromatic rings. The highest BCUT2D eigenvalue weighted by atomic mass is 32.2. The Hall–Kier alpha value is -1.36. The Bertz CT molecular complexity index is 438. The number of nitrogens with two attached hydrogens (primary N) is 1. The van der Waals surface area contributed by atoms with Gasteiger partial charge in [0.15, 0.2) is 0 Å². The molecule has 0 saturated heterocycles. The first kappa shape index (κ1) is 17.7. The van der Waals surface area contributed by atoms with E-state index in [1.54, 1.807) is 19.1 Å². The molecule has 1 rings (SSSR count). The van der Waals surface area contributed by atoms with Crippen molar-refractivity contribution < 1.29 is 9.53 Å². The Morgan fingerprint density at radius 3 is 2.76 bits per heavy atom. The molecule has 0 unspecified atom stereocenters. The molecule has 1 aromatic carbocycles. The molecule has 0 saturated carbocycles. The number of benzene rings is 1. The molecule has 0 aliphatic heterocycles. The summed E-state index contributed by atoms with van der Waals surface area (Å²) < 4.78 is 5.00. The van der Waals surface area contributed by atoms with Gasteiger partial charge in [0.05, 0.1) is 12.2 Å². The molecule has 0 aromatic heterocycles. The van der Waals surface area contributed by atoms with E-state index in [0.717, 1.165) is 18.7 Å². The van der Waals surface area contributed by atoms with Gasteiger partial charge in [-0.25, -0.2) is 4.79 Å². The molecule has 0 aliphatic rings. The molecule has 0 radical (unpaired) electrons. The quantitative estimate of drug-likeness (QED) is 0.391. The van der Waals surface area contributed by atoms with E-state index < -0.39 is 0 Å². The third kappa shape index (κ3) is 6.76. The van der Waals surface area contributed by atoms with E-state index in [0.29, 0.717) is 17.9 Å². The first-order valence-electron chi connectivity index (χ1n) is 7.48. The number of hydrogen-bond donors (Lipinski definition) is 2. The van der Waals surface area contributed by atoms with Gasteiger partial charge in [-0.1, -0.05) is 12.8 Å². The molecule has 0 amide bonds. The highest BCUT2D eigenvalue weighted by Gasteiger charge is 2.11.